The van der Waals surface area contributed by atoms with E-state index in [1.54, 1.807) is 0 Å². The maximum Gasteiger partial charge on any atom is 0.202 e. The Bertz CT molecular complexity index is 339. The zero-order valence-electron chi connectivity index (χ0n) is 8.26. The van der Waals surface area contributed by atoms with Crippen LogP contribution < -0.4 is 0 Å². The van der Waals surface area contributed by atoms with Gasteiger partial charge in [0.25, 0.3) is 0 Å². The van der Waals surface area contributed by atoms with Crippen LogP contribution in [0, 0.1) is 0 Å². The summed E-state index contributed by atoms with van der Waals surface area (Å²) in [5.41, 5.74) is 0. The van der Waals surface area contributed by atoms with Crippen molar-refractivity contribution in [2.45, 2.75) is 0 Å². The van der Waals surface area contributed by atoms with Crippen LogP contribution in [0.25, 0.3) is 0 Å². The summed E-state index contributed by atoms with van der Waals surface area (Å²) in [6, 6.07) is 0. The molecule has 0 N–H and O–H groups in total. The molecular weight excluding hydrogens is 335 g/mol. The van der Waals surface area contributed by atoms with Crippen molar-refractivity contribution in [1.29, 1.82) is 0 Å². The summed E-state index contributed by atoms with van der Waals surface area (Å²) in [5, 5.41) is 0. The highest BCUT2D eigenvalue weighted by molar-refractivity contribution is 8.73. The summed E-state index contributed by atoms with van der Waals surface area (Å²) in [4.78, 5) is 0. The van der Waals surface area contributed by atoms with Gasteiger partial charge in [0, 0.05) is 23.3 Å². The molecule has 0 spiro atoms. The van der Waals surface area contributed by atoms with E-state index in [0.29, 0.717) is 0 Å². The summed E-state index contributed by atoms with van der Waals surface area (Å²) in [7, 11) is -4.96. The van der Waals surface area contributed by atoms with Crippen LogP contribution in [0.1, 0.15) is 0 Å². The molecule has 0 heterocycles. The lowest BCUT2D eigenvalue weighted by atomic mass is 11.0. The van der Waals surface area contributed by atoms with Crippen LogP contribution in [0.5, 0.6) is 0 Å². The third kappa shape index (κ3) is 9.23. The third-order valence-corrected chi connectivity index (χ3v) is 9.37. The van der Waals surface area contributed by atoms with Crippen molar-refractivity contribution < 1.29 is 16.8 Å². The van der Waals surface area contributed by atoms with Crippen LogP contribution in [-0.2, 0) is 17.7 Å². The van der Waals surface area contributed by atoms with Gasteiger partial charge in [-0.3, -0.25) is 0 Å². The first-order valence-electron chi connectivity index (χ1n) is 4.19. The first-order chi connectivity index (χ1) is 7.33. The largest absolute Gasteiger partial charge is 0.217 e. The molecule has 0 aliphatic rings. The van der Waals surface area contributed by atoms with E-state index < -0.39 is 17.7 Å². The van der Waals surface area contributed by atoms with Crippen molar-refractivity contribution in [3.8, 4) is 0 Å². The van der Waals surface area contributed by atoms with E-state index in [1.807, 2.05) is 0 Å². The molecule has 0 rings (SSSR count). The molecular formula is C6H12Cl2O4S4. The predicted octanol–water partition coefficient (Wildman–Crippen LogP) is 1.59. The number of rotatable bonds is 9. The van der Waals surface area contributed by atoms with E-state index in [0.717, 1.165) is 21.6 Å². The van der Waals surface area contributed by atoms with Gasteiger partial charge in [0.15, 0.2) is 0 Å². The summed E-state index contributed by atoms with van der Waals surface area (Å²) >= 11 is 10.6. The lowest BCUT2D eigenvalue weighted by molar-refractivity contribution is 0.610. The first-order valence-corrected chi connectivity index (χ1v) is 11.6. The van der Waals surface area contributed by atoms with E-state index >= 15 is 0 Å². The number of hydrogen-bond donors (Lipinski definition) is 0. The van der Waals surface area contributed by atoms with E-state index in [9.17, 15) is 16.8 Å². The van der Waals surface area contributed by atoms with Gasteiger partial charge in [0.1, 0.15) is 0 Å². The molecule has 0 aliphatic carbocycles. The molecule has 0 unspecified atom stereocenters. The maximum absolute atomic E-state index is 11.2. The fraction of sp³-hybridized carbons (Fsp3) is 1.00. The van der Waals surface area contributed by atoms with Crippen molar-refractivity contribution in [3.63, 3.8) is 0 Å². The standard InChI is InChI=1S/C6H12Cl2O4S4/c7-1-5-15(9,10)13-3-4-14-16(11,12)6-2-8/h1-6H2. The van der Waals surface area contributed by atoms with Gasteiger partial charge in [-0.2, -0.15) is 0 Å². The van der Waals surface area contributed by atoms with Gasteiger partial charge in [-0.15, -0.1) is 23.2 Å². The Kier molecular flexibility index (Phi) is 8.92. The Morgan fingerprint density at radius 2 is 1.06 bits per heavy atom. The van der Waals surface area contributed by atoms with Crippen molar-refractivity contribution in [2.75, 3.05) is 34.8 Å². The fourth-order valence-corrected chi connectivity index (χ4v) is 8.02. The average Bonchev–Trinajstić information content (AvgIpc) is 2.12. The van der Waals surface area contributed by atoms with E-state index in [-0.39, 0.29) is 34.8 Å². The van der Waals surface area contributed by atoms with Crippen LogP contribution in [-0.4, -0.2) is 51.6 Å². The molecule has 0 fully saturated rings. The summed E-state index contributed by atoms with van der Waals surface area (Å²) in [5.74, 6) is 0.355. The van der Waals surface area contributed by atoms with Crippen LogP contribution in [0.4, 0.5) is 0 Å². The normalized spacial score (nSPS) is 12.9. The minimum absolute atomic E-state index is 0.0486. The van der Waals surface area contributed by atoms with Crippen LogP contribution in [0.3, 0.4) is 0 Å². The molecule has 0 saturated heterocycles. The van der Waals surface area contributed by atoms with Gasteiger partial charge in [-0.05, 0) is 21.6 Å². The highest BCUT2D eigenvalue weighted by atomic mass is 35.5. The molecule has 0 saturated carbocycles. The monoisotopic (exact) mass is 346 g/mol. The Morgan fingerprint density at radius 3 is 1.31 bits per heavy atom. The lowest BCUT2D eigenvalue weighted by Gasteiger charge is -2.02. The van der Waals surface area contributed by atoms with Crippen LogP contribution >= 0.6 is 44.8 Å². The molecule has 16 heavy (non-hydrogen) atoms. The number of alkyl halides is 2. The van der Waals surface area contributed by atoms with Crippen molar-refractivity contribution in [1.82, 2.24) is 0 Å². The van der Waals surface area contributed by atoms with E-state index in [1.165, 1.54) is 0 Å². The zero-order chi connectivity index (χ0) is 12.7. The smallest absolute Gasteiger partial charge is 0.202 e. The third-order valence-electron chi connectivity index (χ3n) is 1.26. The van der Waals surface area contributed by atoms with Gasteiger partial charge in [0.2, 0.25) is 17.7 Å². The van der Waals surface area contributed by atoms with Crippen molar-refractivity contribution in [2.24, 2.45) is 0 Å². The van der Waals surface area contributed by atoms with E-state index in [2.05, 4.69) is 0 Å². The minimum atomic E-state index is -3.21. The second-order valence-corrected chi connectivity index (χ2v) is 12.1. The number of halogens is 2. The minimum Gasteiger partial charge on any atom is -0.217 e. The zero-order valence-corrected chi connectivity index (χ0v) is 13.0. The molecule has 98 valence electrons. The average molecular weight is 347 g/mol. The Labute approximate surface area is 113 Å². The maximum atomic E-state index is 11.2. The fourth-order valence-electron chi connectivity index (χ4n) is 0.629. The number of hydrogen-bond acceptors (Lipinski definition) is 6. The molecule has 0 atom stereocenters. The second kappa shape index (κ2) is 8.31. The summed E-state index contributed by atoms with van der Waals surface area (Å²) < 4.78 is 44.7. The molecule has 0 radical (unpaired) electrons. The molecule has 0 bridgehead atoms. The molecule has 0 aromatic carbocycles. The predicted molar refractivity (Wildman–Crippen MR) is 73.9 cm³/mol. The molecule has 0 aliphatic heterocycles. The van der Waals surface area contributed by atoms with Gasteiger partial charge >= 0.3 is 0 Å². The summed E-state index contributed by atoms with van der Waals surface area (Å²) in [6.45, 7) is 0. The molecule has 10 heteroatoms. The van der Waals surface area contributed by atoms with Gasteiger partial charge in [-0.25, -0.2) is 16.8 Å². The van der Waals surface area contributed by atoms with Gasteiger partial charge < -0.3 is 0 Å². The second-order valence-electron chi connectivity index (χ2n) is 2.55. The molecule has 0 aromatic rings. The highest BCUT2D eigenvalue weighted by Crippen LogP contribution is 2.19. The summed E-state index contributed by atoms with van der Waals surface area (Å²) in [6.07, 6.45) is 0. The Hall–Kier alpha value is 1.18. The lowest BCUT2D eigenvalue weighted by Crippen LogP contribution is -2.06. The van der Waals surface area contributed by atoms with Gasteiger partial charge in [0.05, 0.1) is 11.5 Å². The SMILES string of the molecule is O=S(=O)(CCCl)SCCSS(=O)(=O)CCCl. The Morgan fingerprint density at radius 1 is 0.750 bits per heavy atom. The van der Waals surface area contributed by atoms with Crippen molar-refractivity contribution >= 4 is 62.5 Å². The molecule has 0 aromatic heterocycles. The molecule has 4 nitrogen and oxygen atoms in total. The van der Waals surface area contributed by atoms with Gasteiger partial charge in [-0.1, -0.05) is 0 Å². The topological polar surface area (TPSA) is 68.3 Å². The van der Waals surface area contributed by atoms with Crippen LogP contribution in [0.2, 0.25) is 0 Å². The van der Waals surface area contributed by atoms with Crippen molar-refractivity contribution in [3.05, 3.63) is 0 Å². The molecule has 0 amide bonds. The van der Waals surface area contributed by atoms with Crippen LogP contribution in [0.15, 0.2) is 0 Å². The quantitative estimate of drug-likeness (QED) is 0.358. The Balaban J connectivity index is 3.85. The first kappa shape index (κ1) is 17.2. The highest BCUT2D eigenvalue weighted by Gasteiger charge is 2.13. The van der Waals surface area contributed by atoms with E-state index in [4.69, 9.17) is 23.2 Å².